The van der Waals surface area contributed by atoms with Gasteiger partial charge in [0.2, 0.25) is 5.95 Å². The quantitative estimate of drug-likeness (QED) is 0.699. The van der Waals surface area contributed by atoms with E-state index < -0.39 is 0 Å². The zero-order valence-electron chi connectivity index (χ0n) is 16.7. The normalized spacial score (nSPS) is 11.7. The first-order valence-electron chi connectivity index (χ1n) is 9.33. The van der Waals surface area contributed by atoms with Crippen molar-refractivity contribution in [1.29, 1.82) is 0 Å². The molecule has 0 spiro atoms. The number of rotatable bonds is 6. The third kappa shape index (κ3) is 4.13. The molecule has 0 radical (unpaired) electrons. The van der Waals surface area contributed by atoms with Gasteiger partial charge in [-0.2, -0.15) is 10.1 Å². The monoisotopic (exact) mass is 368 g/mol. The predicted octanol–water partition coefficient (Wildman–Crippen LogP) is 3.12. The molecule has 1 aromatic carbocycles. The van der Waals surface area contributed by atoms with Gasteiger partial charge in [0.15, 0.2) is 5.65 Å². The topological polar surface area (TPSA) is 78.8 Å². The van der Waals surface area contributed by atoms with Crippen molar-refractivity contribution in [3.8, 4) is 0 Å². The molecule has 0 aliphatic rings. The van der Waals surface area contributed by atoms with Crippen molar-refractivity contribution in [2.75, 3.05) is 29.9 Å². The van der Waals surface area contributed by atoms with Crippen LogP contribution in [0, 0.1) is 6.92 Å². The fourth-order valence-electron chi connectivity index (χ4n) is 3.10. The molecule has 0 bridgehead atoms. The van der Waals surface area contributed by atoms with E-state index in [0.717, 1.165) is 13.1 Å². The molecule has 0 unspecified atom stereocenters. The number of hydrogen-bond acceptors (Lipinski definition) is 5. The zero-order valence-corrected chi connectivity index (χ0v) is 16.7. The number of H-pyrrole nitrogens is 1. The van der Waals surface area contributed by atoms with Gasteiger partial charge in [0, 0.05) is 25.3 Å². The van der Waals surface area contributed by atoms with E-state index >= 15 is 0 Å². The number of nitrogens with zero attached hydrogens (tertiary/aromatic N) is 4. The maximum absolute atomic E-state index is 12.4. The Hall–Kier alpha value is -2.83. The number of hydrogen-bond donors (Lipinski definition) is 2. The Morgan fingerprint density at radius 2 is 2.07 bits per heavy atom. The van der Waals surface area contributed by atoms with Gasteiger partial charge in [-0.05, 0) is 52.3 Å². The number of aromatic nitrogens is 4. The molecule has 27 heavy (non-hydrogen) atoms. The second kappa shape index (κ2) is 7.42. The number of benzene rings is 1. The Balaban J connectivity index is 1.76. The highest BCUT2D eigenvalue weighted by molar-refractivity contribution is 5.74. The summed E-state index contributed by atoms with van der Waals surface area (Å²) < 4.78 is 1.79. The Kier molecular flexibility index (Phi) is 5.21. The standard InChI is InChI=1S/C20H28N6O/c1-6-25(15-9-7-8-14(2)12-15)11-10-21-19-23-17-16(18(27)24-19)13-22-26(17)20(3,4)5/h7-9,12-13H,6,10-11H2,1-5H3,(H2,21,23,24,27). The zero-order chi connectivity index (χ0) is 19.6. The van der Waals surface area contributed by atoms with Crippen LogP contribution in [0.3, 0.4) is 0 Å². The van der Waals surface area contributed by atoms with Crippen LogP contribution >= 0.6 is 0 Å². The van der Waals surface area contributed by atoms with Crippen molar-refractivity contribution in [2.45, 2.75) is 40.2 Å². The minimum Gasteiger partial charge on any atom is -0.370 e. The summed E-state index contributed by atoms with van der Waals surface area (Å²) in [5.74, 6) is 0.471. The van der Waals surface area contributed by atoms with E-state index in [1.807, 2.05) is 20.8 Å². The number of nitrogens with one attached hydrogen (secondary N) is 2. The van der Waals surface area contributed by atoms with Crippen LogP contribution in [0.4, 0.5) is 11.6 Å². The lowest BCUT2D eigenvalue weighted by Gasteiger charge is -2.23. The van der Waals surface area contributed by atoms with Crippen molar-refractivity contribution in [3.63, 3.8) is 0 Å². The molecule has 3 rings (SSSR count). The number of fused-ring (bicyclic) bond motifs is 1. The summed E-state index contributed by atoms with van der Waals surface area (Å²) in [6, 6.07) is 8.46. The van der Waals surface area contributed by atoms with E-state index in [0.29, 0.717) is 23.5 Å². The van der Waals surface area contributed by atoms with Crippen molar-refractivity contribution >= 4 is 22.7 Å². The van der Waals surface area contributed by atoms with Gasteiger partial charge < -0.3 is 10.2 Å². The highest BCUT2D eigenvalue weighted by atomic mass is 16.1. The molecular formula is C20H28N6O. The van der Waals surface area contributed by atoms with Crippen molar-refractivity contribution < 1.29 is 0 Å². The first-order chi connectivity index (χ1) is 12.8. The third-order valence-corrected chi connectivity index (χ3v) is 4.50. The molecule has 0 saturated carbocycles. The smallest absolute Gasteiger partial charge is 0.263 e. The fourth-order valence-corrected chi connectivity index (χ4v) is 3.10. The molecule has 3 aromatic rings. The van der Waals surface area contributed by atoms with Gasteiger partial charge in [0.25, 0.3) is 5.56 Å². The molecule has 0 atom stereocenters. The minimum absolute atomic E-state index is 0.177. The van der Waals surface area contributed by atoms with Gasteiger partial charge in [-0.1, -0.05) is 12.1 Å². The fraction of sp³-hybridized carbons (Fsp3) is 0.450. The molecule has 7 nitrogen and oxygen atoms in total. The van der Waals surface area contributed by atoms with Crippen LogP contribution in [-0.4, -0.2) is 39.4 Å². The lowest BCUT2D eigenvalue weighted by atomic mass is 10.1. The van der Waals surface area contributed by atoms with Crippen molar-refractivity contribution in [1.82, 2.24) is 19.7 Å². The lowest BCUT2D eigenvalue weighted by molar-refractivity contribution is 0.366. The highest BCUT2D eigenvalue weighted by Crippen LogP contribution is 2.19. The maximum atomic E-state index is 12.4. The molecule has 0 aliphatic heterocycles. The summed E-state index contributed by atoms with van der Waals surface area (Å²) in [6.45, 7) is 12.7. The molecule has 2 N–H and O–H groups in total. The summed E-state index contributed by atoms with van der Waals surface area (Å²) in [6.07, 6.45) is 1.58. The molecule has 144 valence electrons. The molecule has 2 aromatic heterocycles. The second-order valence-electron chi connectivity index (χ2n) is 7.72. The molecule has 0 amide bonds. The van der Waals surface area contributed by atoms with Crippen molar-refractivity contribution in [3.05, 3.63) is 46.4 Å². The summed E-state index contributed by atoms with van der Waals surface area (Å²) in [4.78, 5) is 22.0. The van der Waals surface area contributed by atoms with Crippen LogP contribution in [0.5, 0.6) is 0 Å². The number of likely N-dealkylation sites (N-methyl/N-ethyl adjacent to an activating group) is 1. The number of aryl methyl sites for hydroxylation is 1. The molecule has 0 aliphatic carbocycles. The molecule has 2 heterocycles. The van der Waals surface area contributed by atoms with Crippen LogP contribution in [0.2, 0.25) is 0 Å². The minimum atomic E-state index is -0.246. The highest BCUT2D eigenvalue weighted by Gasteiger charge is 2.19. The maximum Gasteiger partial charge on any atom is 0.263 e. The molecule has 0 fully saturated rings. The Bertz CT molecular complexity index is 982. The van der Waals surface area contributed by atoms with Crippen LogP contribution < -0.4 is 15.8 Å². The van der Waals surface area contributed by atoms with E-state index in [-0.39, 0.29) is 11.1 Å². The average Bonchev–Trinajstić information content (AvgIpc) is 3.03. The number of aromatic amines is 1. The second-order valence-corrected chi connectivity index (χ2v) is 7.72. The number of anilines is 2. The SMILES string of the molecule is CCN(CCNc1nc2c(cnn2C(C)(C)C)c(=O)[nH]1)c1cccc(C)c1. The van der Waals surface area contributed by atoms with E-state index in [1.54, 1.807) is 10.9 Å². The summed E-state index contributed by atoms with van der Waals surface area (Å²) in [5.41, 5.74) is 2.61. The summed E-state index contributed by atoms with van der Waals surface area (Å²) in [5, 5.41) is 8.09. The van der Waals surface area contributed by atoms with E-state index in [2.05, 4.69) is 63.4 Å². The predicted molar refractivity (Wildman–Crippen MR) is 111 cm³/mol. The first kappa shape index (κ1) is 18.9. The Morgan fingerprint density at radius 1 is 1.30 bits per heavy atom. The Morgan fingerprint density at radius 3 is 2.74 bits per heavy atom. The van der Waals surface area contributed by atoms with Gasteiger partial charge in [-0.3, -0.25) is 9.78 Å². The third-order valence-electron chi connectivity index (χ3n) is 4.50. The summed E-state index contributed by atoms with van der Waals surface area (Å²) >= 11 is 0. The van der Waals surface area contributed by atoms with Crippen LogP contribution in [0.25, 0.3) is 11.0 Å². The Labute approximate surface area is 159 Å². The van der Waals surface area contributed by atoms with Gasteiger partial charge in [0.1, 0.15) is 5.39 Å². The van der Waals surface area contributed by atoms with Crippen LogP contribution in [-0.2, 0) is 5.54 Å². The van der Waals surface area contributed by atoms with Crippen molar-refractivity contribution in [2.24, 2.45) is 0 Å². The first-order valence-corrected chi connectivity index (χ1v) is 9.33. The van der Waals surface area contributed by atoms with Gasteiger partial charge in [0.05, 0.1) is 11.7 Å². The van der Waals surface area contributed by atoms with E-state index in [1.165, 1.54) is 11.3 Å². The van der Waals surface area contributed by atoms with E-state index in [9.17, 15) is 4.79 Å². The van der Waals surface area contributed by atoms with Gasteiger partial charge in [-0.15, -0.1) is 0 Å². The largest absolute Gasteiger partial charge is 0.370 e. The lowest BCUT2D eigenvalue weighted by Crippen LogP contribution is -2.29. The van der Waals surface area contributed by atoms with E-state index in [4.69, 9.17) is 0 Å². The molecule has 0 saturated heterocycles. The van der Waals surface area contributed by atoms with Crippen LogP contribution in [0.1, 0.15) is 33.3 Å². The van der Waals surface area contributed by atoms with Gasteiger partial charge >= 0.3 is 0 Å². The average molecular weight is 368 g/mol. The van der Waals surface area contributed by atoms with Crippen LogP contribution in [0.15, 0.2) is 35.3 Å². The summed E-state index contributed by atoms with van der Waals surface area (Å²) in [7, 11) is 0. The van der Waals surface area contributed by atoms with Gasteiger partial charge in [-0.25, -0.2) is 4.68 Å². The molecular weight excluding hydrogens is 340 g/mol. The molecule has 7 heteroatoms.